The van der Waals surface area contributed by atoms with Gasteiger partial charge in [-0.3, -0.25) is 14.9 Å². The monoisotopic (exact) mass is 647 g/mol. The van der Waals surface area contributed by atoms with Crippen molar-refractivity contribution in [1.29, 1.82) is 0 Å². The van der Waals surface area contributed by atoms with Crippen molar-refractivity contribution in [3.8, 4) is 16.9 Å². The van der Waals surface area contributed by atoms with Gasteiger partial charge in [0.25, 0.3) is 0 Å². The summed E-state index contributed by atoms with van der Waals surface area (Å²) in [5.41, 5.74) is 7.19. The van der Waals surface area contributed by atoms with Gasteiger partial charge in [0.15, 0.2) is 11.5 Å². The lowest BCUT2D eigenvalue weighted by Crippen LogP contribution is -2.36. The summed E-state index contributed by atoms with van der Waals surface area (Å²) in [4.78, 5) is 40.0. The van der Waals surface area contributed by atoms with Crippen molar-refractivity contribution in [3.05, 3.63) is 77.4 Å². The van der Waals surface area contributed by atoms with Crippen LogP contribution in [0, 0.1) is 0 Å². The summed E-state index contributed by atoms with van der Waals surface area (Å²) in [6.45, 7) is 6.50. The lowest BCUT2D eigenvalue weighted by atomic mass is 9.87. The van der Waals surface area contributed by atoms with E-state index in [1.54, 1.807) is 51.1 Å². The van der Waals surface area contributed by atoms with Crippen molar-refractivity contribution >= 4 is 29.2 Å². The third-order valence-corrected chi connectivity index (χ3v) is 7.67. The first-order valence-corrected chi connectivity index (χ1v) is 16.2. The molecule has 47 heavy (non-hydrogen) atoms. The zero-order valence-corrected chi connectivity index (χ0v) is 27.8. The number of phenols is 1. The Morgan fingerprint density at radius 3 is 2.15 bits per heavy atom. The normalized spacial score (nSPS) is 12.6. The smallest absolute Gasteiger partial charge is 0.412 e. The van der Waals surface area contributed by atoms with E-state index in [9.17, 15) is 29.7 Å². The lowest BCUT2D eigenvalue weighted by molar-refractivity contribution is -0.118. The number of carbonyl (C=O) groups excluding carboxylic acids is 3. The topological polar surface area (TPSA) is 171 Å². The number of phenolic OH excluding ortho intramolecular Hbond substituents is 1. The lowest BCUT2D eigenvalue weighted by Gasteiger charge is -2.28. The molecule has 0 saturated carbocycles. The number of carbonyl (C=O) groups is 3. The number of aryl methyl sites for hydroxylation is 1. The van der Waals surface area contributed by atoms with E-state index in [1.165, 1.54) is 0 Å². The third kappa shape index (κ3) is 10.8. The van der Waals surface area contributed by atoms with E-state index in [4.69, 9.17) is 10.5 Å². The second kappa shape index (κ2) is 17.5. The number of Topliss-reactive ketones (excluding diaryl/α,β-unsaturated/α-hetero) is 1. The van der Waals surface area contributed by atoms with Crippen molar-refractivity contribution in [3.63, 3.8) is 0 Å². The SMILES string of the molecule is CCCCCC(=O)c1c(O)c(NC(=O)OC(C)(C)C)c(-c2ccccc2)c(N[C@H](CCCc2ccccc2)C(N)=O)c1C[C@@H](O)CO. The van der Waals surface area contributed by atoms with Crippen LogP contribution in [0.5, 0.6) is 5.75 Å². The van der Waals surface area contributed by atoms with Crippen LogP contribution >= 0.6 is 0 Å². The quantitative estimate of drug-likeness (QED) is 0.0426. The second-order valence-electron chi connectivity index (χ2n) is 12.7. The van der Waals surface area contributed by atoms with Crippen LogP contribution in [0.1, 0.15) is 87.7 Å². The van der Waals surface area contributed by atoms with Crippen LogP contribution in [0.25, 0.3) is 11.1 Å². The van der Waals surface area contributed by atoms with E-state index in [-0.39, 0.29) is 40.9 Å². The predicted octanol–water partition coefficient (Wildman–Crippen LogP) is 6.35. The van der Waals surface area contributed by atoms with Crippen molar-refractivity contribution in [2.24, 2.45) is 5.73 Å². The first-order chi connectivity index (χ1) is 22.4. The number of primary amides is 1. The predicted molar refractivity (Wildman–Crippen MR) is 185 cm³/mol. The van der Waals surface area contributed by atoms with E-state index >= 15 is 0 Å². The van der Waals surface area contributed by atoms with Crippen LogP contribution < -0.4 is 16.4 Å². The molecule has 254 valence electrons. The standard InChI is InChI=1S/C37H49N3O7/c1-5-6-9-21-29(43)31-27(22-26(42)23-41)32(39-28(35(38)45)20-14-17-24-15-10-7-11-16-24)30(25-18-12-8-13-19-25)33(34(31)44)40-36(46)47-37(2,3)4/h7-8,10-13,15-16,18-19,26,28,39,41-42,44H,5-6,9,14,17,20-23H2,1-4H3,(H2,38,45)(H,40,46)/t26-,28-/m1/s1. The molecule has 0 saturated heterocycles. The second-order valence-corrected chi connectivity index (χ2v) is 12.7. The summed E-state index contributed by atoms with van der Waals surface area (Å²) >= 11 is 0. The average Bonchev–Trinajstić information content (AvgIpc) is 3.02. The minimum absolute atomic E-state index is 0.0932. The van der Waals surface area contributed by atoms with Crippen molar-refractivity contribution in [2.45, 2.75) is 96.8 Å². The molecule has 0 radical (unpaired) electrons. The number of nitrogens with one attached hydrogen (secondary N) is 2. The average molecular weight is 648 g/mol. The number of benzene rings is 3. The van der Waals surface area contributed by atoms with Gasteiger partial charge in [-0.25, -0.2) is 4.79 Å². The van der Waals surface area contributed by atoms with Gasteiger partial charge in [0.05, 0.1) is 24.0 Å². The zero-order chi connectivity index (χ0) is 34.6. The van der Waals surface area contributed by atoms with E-state index < -0.39 is 47.9 Å². The van der Waals surface area contributed by atoms with Crippen LogP contribution in [0.4, 0.5) is 16.2 Å². The molecule has 0 spiro atoms. The Kier molecular flexibility index (Phi) is 13.8. The fraction of sp³-hybridized carbons (Fsp3) is 0.432. The van der Waals surface area contributed by atoms with Gasteiger partial charge >= 0.3 is 6.09 Å². The van der Waals surface area contributed by atoms with E-state index in [2.05, 4.69) is 10.6 Å². The number of aromatic hydroxyl groups is 1. The van der Waals surface area contributed by atoms with Gasteiger partial charge < -0.3 is 31.1 Å². The van der Waals surface area contributed by atoms with Crippen LogP contribution in [-0.4, -0.2) is 57.5 Å². The molecular weight excluding hydrogens is 598 g/mol. The highest BCUT2D eigenvalue weighted by molar-refractivity contribution is 6.10. The summed E-state index contributed by atoms with van der Waals surface area (Å²) < 4.78 is 5.52. The molecule has 2 atom stereocenters. The van der Waals surface area contributed by atoms with Crippen LogP contribution in [0.3, 0.4) is 0 Å². The number of aliphatic hydroxyl groups excluding tert-OH is 2. The summed E-state index contributed by atoms with van der Waals surface area (Å²) in [5, 5.41) is 38.3. The van der Waals surface area contributed by atoms with Crippen LogP contribution in [-0.2, 0) is 22.4 Å². The van der Waals surface area contributed by atoms with Crippen LogP contribution in [0.15, 0.2) is 60.7 Å². The maximum atomic E-state index is 13.9. The molecule has 2 amide bonds. The number of ether oxygens (including phenoxy) is 1. The van der Waals surface area contributed by atoms with E-state index in [0.717, 1.165) is 18.4 Å². The minimum Gasteiger partial charge on any atom is -0.505 e. The number of hydrogen-bond acceptors (Lipinski definition) is 8. The van der Waals surface area contributed by atoms with E-state index in [1.807, 2.05) is 37.3 Å². The summed E-state index contributed by atoms with van der Waals surface area (Å²) in [7, 11) is 0. The number of amides is 2. The van der Waals surface area contributed by atoms with Gasteiger partial charge in [0, 0.05) is 24.1 Å². The molecule has 0 bridgehead atoms. The number of rotatable bonds is 17. The van der Waals surface area contributed by atoms with E-state index in [0.29, 0.717) is 31.2 Å². The molecule has 10 nitrogen and oxygen atoms in total. The molecule has 7 N–H and O–H groups in total. The molecule has 0 aromatic heterocycles. The number of hydrogen-bond donors (Lipinski definition) is 6. The van der Waals surface area contributed by atoms with Gasteiger partial charge in [-0.2, -0.15) is 0 Å². The van der Waals surface area contributed by atoms with Crippen molar-refractivity contribution in [2.75, 3.05) is 17.2 Å². The van der Waals surface area contributed by atoms with Crippen molar-refractivity contribution in [1.82, 2.24) is 0 Å². The van der Waals surface area contributed by atoms with Gasteiger partial charge in [-0.1, -0.05) is 80.4 Å². The molecule has 3 aromatic carbocycles. The van der Waals surface area contributed by atoms with Gasteiger partial charge in [0.1, 0.15) is 11.6 Å². The zero-order valence-electron chi connectivity index (χ0n) is 27.8. The molecule has 0 aliphatic heterocycles. The Labute approximate surface area is 277 Å². The molecule has 10 heteroatoms. The molecule has 3 aromatic rings. The Morgan fingerprint density at radius 1 is 0.936 bits per heavy atom. The fourth-order valence-corrected chi connectivity index (χ4v) is 5.45. The molecular formula is C37H49N3O7. The third-order valence-electron chi connectivity index (χ3n) is 7.67. The maximum Gasteiger partial charge on any atom is 0.412 e. The first-order valence-electron chi connectivity index (χ1n) is 16.2. The number of nitrogens with two attached hydrogens (primary N) is 1. The molecule has 3 rings (SSSR count). The largest absolute Gasteiger partial charge is 0.505 e. The molecule has 0 heterocycles. The molecule has 0 fully saturated rings. The summed E-state index contributed by atoms with van der Waals surface area (Å²) in [5.74, 6) is -1.55. The number of unbranched alkanes of at least 4 members (excludes halogenated alkanes) is 2. The number of ketones is 1. The summed E-state index contributed by atoms with van der Waals surface area (Å²) in [6, 6.07) is 17.7. The highest BCUT2D eigenvalue weighted by Crippen LogP contribution is 2.48. The fourth-order valence-electron chi connectivity index (χ4n) is 5.45. The Morgan fingerprint density at radius 2 is 1.57 bits per heavy atom. The maximum absolute atomic E-state index is 13.9. The summed E-state index contributed by atoms with van der Waals surface area (Å²) in [6.07, 6.45) is 1.52. The minimum atomic E-state index is -1.30. The molecule has 0 unspecified atom stereocenters. The Bertz CT molecular complexity index is 1490. The first kappa shape index (κ1) is 37.1. The Balaban J connectivity index is 2.30. The van der Waals surface area contributed by atoms with Crippen molar-refractivity contribution < 1.29 is 34.4 Å². The number of aliphatic hydroxyl groups is 2. The number of anilines is 2. The highest BCUT2D eigenvalue weighted by atomic mass is 16.6. The highest BCUT2D eigenvalue weighted by Gasteiger charge is 2.32. The van der Waals surface area contributed by atoms with Gasteiger partial charge in [-0.05, 0) is 63.1 Å². The van der Waals surface area contributed by atoms with Crippen LogP contribution in [0.2, 0.25) is 0 Å². The van der Waals surface area contributed by atoms with Gasteiger partial charge in [0.2, 0.25) is 5.91 Å². The van der Waals surface area contributed by atoms with Gasteiger partial charge in [-0.15, -0.1) is 0 Å². The molecule has 0 aliphatic rings. The molecule has 0 aliphatic carbocycles. The Hall–Kier alpha value is -4.41.